The molecular formula is C54H83N3O17P2. The van der Waals surface area contributed by atoms with Crippen molar-refractivity contribution in [2.45, 2.75) is 172 Å². The van der Waals surface area contributed by atoms with Crippen molar-refractivity contribution < 1.29 is 76.5 Å². The van der Waals surface area contributed by atoms with Crippen molar-refractivity contribution in [2.24, 2.45) is 0 Å². The highest BCUT2D eigenvalue weighted by Gasteiger charge is 2.46. The minimum atomic E-state index is -5.52. The summed E-state index contributed by atoms with van der Waals surface area (Å²) < 4.78 is 56.5. The van der Waals surface area contributed by atoms with E-state index < -0.39 is 95.9 Å². The number of hydrogen-bond donors (Lipinski definition) is 7. The number of aliphatic hydroxyl groups excluding tert-OH is 4. The Kier molecular flexibility index (Phi) is 36.0. The minimum Gasteiger partial charge on any atom is -0.462 e. The molecule has 1 aromatic heterocycles. The minimum absolute atomic E-state index is 0.0582. The Labute approximate surface area is 447 Å². The largest absolute Gasteiger partial charge is 0.481 e. The van der Waals surface area contributed by atoms with E-state index in [2.05, 4.69) is 83.9 Å². The van der Waals surface area contributed by atoms with E-state index in [-0.39, 0.29) is 44.3 Å². The van der Waals surface area contributed by atoms with Gasteiger partial charge in [0.1, 0.15) is 30.7 Å². The number of anilines is 1. The molecular weight excluding hydrogens is 1020 g/mol. The van der Waals surface area contributed by atoms with Gasteiger partial charge in [-0.2, -0.15) is 9.29 Å². The first-order chi connectivity index (χ1) is 36.5. The van der Waals surface area contributed by atoms with Crippen LogP contribution in [0.25, 0.3) is 0 Å². The molecule has 2 rings (SSSR count). The second-order valence-electron chi connectivity index (χ2n) is 17.6. The topological polar surface area (TPSA) is 306 Å². The van der Waals surface area contributed by atoms with Crippen LogP contribution < -0.4 is 11.4 Å². The summed E-state index contributed by atoms with van der Waals surface area (Å²) in [6.45, 7) is 1.64. The van der Waals surface area contributed by atoms with Crippen LogP contribution in [-0.2, 0) is 46.3 Å². The van der Waals surface area contributed by atoms with E-state index in [1.807, 2.05) is 36.5 Å². The van der Waals surface area contributed by atoms with Gasteiger partial charge in [-0.25, -0.2) is 13.9 Å². The van der Waals surface area contributed by atoms with Gasteiger partial charge in [-0.1, -0.05) is 136 Å². The molecule has 8 N–H and O–H groups in total. The second kappa shape index (κ2) is 40.5. The molecule has 1 aliphatic rings. The molecule has 0 spiro atoms. The quantitative estimate of drug-likeness (QED) is 0.0139. The smallest absolute Gasteiger partial charge is 0.462 e. The third-order valence-corrected chi connectivity index (χ3v) is 13.7. The fraction of sp³-hybridized carbons (Fsp3) is 0.556. The summed E-state index contributed by atoms with van der Waals surface area (Å²) in [5.74, 6) is -1.71. The normalized spacial score (nSPS) is 20.4. The van der Waals surface area contributed by atoms with Crippen LogP contribution in [0, 0.1) is 0 Å². The van der Waals surface area contributed by atoms with Crippen molar-refractivity contribution in [3.8, 4) is 0 Å². The molecule has 1 aliphatic heterocycles. The summed E-state index contributed by atoms with van der Waals surface area (Å²) in [5.41, 5.74) is 4.56. The summed E-state index contributed by atoms with van der Waals surface area (Å²) >= 11 is 0. The Morgan fingerprint density at radius 3 is 1.80 bits per heavy atom. The van der Waals surface area contributed by atoms with Crippen LogP contribution >= 0.6 is 15.6 Å². The van der Waals surface area contributed by atoms with Gasteiger partial charge in [0.2, 0.25) is 0 Å². The number of phosphoric acid groups is 2. The molecule has 20 nitrogen and oxygen atoms in total. The van der Waals surface area contributed by atoms with Gasteiger partial charge < -0.3 is 50.2 Å². The molecule has 2 unspecified atom stereocenters. The SMILES string of the molecule is CC/C=C\C/C=C\C/C=C\C/C=C\C[C@H](O)[C@@H](O)CCCC(=O)OC[C@H](COP(=O)(O)OP(=O)(O)OC[C@H]1O[C@@H](n2ccc(N)nc2=O)[C@H](O)[C@@H]1O)OC(=O)CC/C=C\C/C=C\C/C=C\C/C=C\C/C=C\CCCCC. The number of aromatic nitrogens is 2. The summed E-state index contributed by atoms with van der Waals surface area (Å²) in [6.07, 6.45) is 39.2. The highest BCUT2D eigenvalue weighted by Crippen LogP contribution is 2.60. The molecule has 0 saturated carbocycles. The van der Waals surface area contributed by atoms with Crippen LogP contribution in [-0.4, -0.2) is 108 Å². The van der Waals surface area contributed by atoms with Crippen LogP contribution in [0.3, 0.4) is 0 Å². The first kappa shape index (κ1) is 67.4. The van der Waals surface area contributed by atoms with Gasteiger partial charge in [0.25, 0.3) is 0 Å². The molecule has 1 fully saturated rings. The Balaban J connectivity index is 1.90. The molecule has 0 aromatic carbocycles. The van der Waals surface area contributed by atoms with Crippen molar-refractivity contribution in [1.29, 1.82) is 0 Å². The van der Waals surface area contributed by atoms with E-state index in [0.29, 0.717) is 12.8 Å². The van der Waals surface area contributed by atoms with Crippen LogP contribution in [0.1, 0.15) is 136 Å². The van der Waals surface area contributed by atoms with Crippen LogP contribution in [0.4, 0.5) is 5.82 Å². The van der Waals surface area contributed by atoms with Gasteiger partial charge in [-0.05, 0) is 96.0 Å². The Morgan fingerprint density at radius 2 is 1.24 bits per heavy atom. The number of esters is 2. The van der Waals surface area contributed by atoms with E-state index in [1.165, 1.54) is 25.3 Å². The number of rotatable bonds is 41. The number of ether oxygens (including phenoxy) is 3. The van der Waals surface area contributed by atoms with Crippen molar-refractivity contribution >= 4 is 33.4 Å². The van der Waals surface area contributed by atoms with Gasteiger partial charge in [0, 0.05) is 19.0 Å². The second-order valence-corrected chi connectivity index (χ2v) is 20.6. The molecule has 0 aliphatic carbocycles. The third kappa shape index (κ3) is 32.2. The zero-order valence-corrected chi connectivity index (χ0v) is 45.8. The first-order valence-electron chi connectivity index (χ1n) is 26.1. The van der Waals surface area contributed by atoms with Crippen molar-refractivity contribution in [3.05, 3.63) is 132 Å². The molecule has 2 heterocycles. The van der Waals surface area contributed by atoms with E-state index in [0.717, 1.165) is 55.7 Å². The zero-order chi connectivity index (χ0) is 55.9. The lowest BCUT2D eigenvalue weighted by atomic mass is 10.0. The lowest BCUT2D eigenvalue weighted by molar-refractivity contribution is -0.161. The summed E-state index contributed by atoms with van der Waals surface area (Å²) in [5, 5.41) is 41.8. The van der Waals surface area contributed by atoms with Gasteiger partial charge in [0.05, 0.1) is 25.4 Å². The molecule has 0 amide bonds. The highest BCUT2D eigenvalue weighted by atomic mass is 31.3. The molecule has 22 heteroatoms. The van der Waals surface area contributed by atoms with Crippen molar-refractivity contribution in [3.63, 3.8) is 0 Å². The molecule has 76 heavy (non-hydrogen) atoms. The average molecular weight is 1110 g/mol. The Hall–Kier alpha value is -4.66. The number of carbonyl (C=O) groups is 2. The Morgan fingerprint density at radius 1 is 0.697 bits per heavy atom. The molecule has 426 valence electrons. The number of nitrogens with two attached hydrogens (primary N) is 1. The first-order valence-corrected chi connectivity index (χ1v) is 29.1. The molecule has 1 saturated heterocycles. The van der Waals surface area contributed by atoms with Gasteiger partial charge >= 0.3 is 33.3 Å². The van der Waals surface area contributed by atoms with Crippen LogP contribution in [0.5, 0.6) is 0 Å². The number of nitrogen functional groups attached to an aromatic ring is 1. The maximum Gasteiger partial charge on any atom is 0.481 e. The van der Waals surface area contributed by atoms with Crippen LogP contribution in [0.15, 0.2) is 126 Å². The maximum atomic E-state index is 12.9. The standard InChI is InChI=1S/C54H83N3O17P2/c1-3-5-7-9-11-13-15-17-18-19-20-21-22-23-25-27-29-31-33-37-50(61)72-44(41-69-49(60)38-34-36-46(59)45(58)35-32-30-28-26-24-16-14-12-10-8-6-4-2)42-70-75(65,66)74-76(67,68)71-43-47-51(62)52(63)53(73-47)57-40-39-48(55)56-54(57)64/h6,8,11-14,17-18,20-21,23-26,29-32,39-40,44-47,51-53,58-59,62-63H,3-5,7,9-10,15-16,19,22,27-28,33-38,41-43H2,1-2H3,(H,65,66)(H,67,68)(H2,55,56,64)/b8-6-,13-11-,14-12-,18-17-,21-20-,25-23-,26-24-,31-29-,32-30-/t44-,45+,46+,47-,51-,52-,53-/m1/s1. The monoisotopic (exact) mass is 1110 g/mol. The number of unbranched alkanes of at least 4 members (excludes halogenated alkanes) is 3. The molecule has 1 aromatic rings. The van der Waals surface area contributed by atoms with Crippen molar-refractivity contribution in [2.75, 3.05) is 25.6 Å². The average Bonchev–Trinajstić information content (AvgIpc) is 3.65. The predicted molar refractivity (Wildman–Crippen MR) is 291 cm³/mol. The molecule has 0 bridgehead atoms. The number of aliphatic hydroxyl groups is 4. The fourth-order valence-electron chi connectivity index (χ4n) is 6.91. The highest BCUT2D eigenvalue weighted by molar-refractivity contribution is 7.61. The predicted octanol–water partition coefficient (Wildman–Crippen LogP) is 8.94. The number of carbonyl (C=O) groups excluding carboxylic acids is 2. The molecule has 9 atom stereocenters. The summed E-state index contributed by atoms with van der Waals surface area (Å²) in [6, 6.07) is 1.23. The van der Waals surface area contributed by atoms with E-state index in [9.17, 15) is 53.7 Å². The number of hydrogen-bond acceptors (Lipinski definition) is 17. The van der Waals surface area contributed by atoms with Gasteiger partial charge in [-0.15, -0.1) is 0 Å². The van der Waals surface area contributed by atoms with E-state index >= 15 is 0 Å². The van der Waals surface area contributed by atoms with Crippen LogP contribution in [0.2, 0.25) is 0 Å². The third-order valence-electron chi connectivity index (χ3n) is 11.1. The maximum absolute atomic E-state index is 12.9. The zero-order valence-electron chi connectivity index (χ0n) is 44.0. The number of allylic oxidation sites excluding steroid dienone is 17. The summed E-state index contributed by atoms with van der Waals surface area (Å²) in [7, 11) is -11.0. The molecule has 0 radical (unpaired) electrons. The summed E-state index contributed by atoms with van der Waals surface area (Å²) in [4.78, 5) is 62.0. The van der Waals surface area contributed by atoms with Crippen molar-refractivity contribution in [1.82, 2.24) is 9.55 Å². The van der Waals surface area contributed by atoms with E-state index in [4.69, 9.17) is 29.0 Å². The fourth-order valence-corrected chi connectivity index (χ4v) is 9.02. The lowest BCUT2D eigenvalue weighted by Crippen LogP contribution is -2.36. The lowest BCUT2D eigenvalue weighted by Gasteiger charge is -2.21. The Bertz CT molecular complexity index is 2240. The van der Waals surface area contributed by atoms with Gasteiger partial charge in [0.15, 0.2) is 12.3 Å². The van der Waals surface area contributed by atoms with E-state index in [1.54, 1.807) is 12.2 Å². The van der Waals surface area contributed by atoms with Gasteiger partial charge in [-0.3, -0.25) is 23.2 Å². The number of phosphoric ester groups is 2. The number of nitrogens with zero attached hydrogens (tertiary/aromatic N) is 2.